The van der Waals surface area contributed by atoms with E-state index in [4.69, 9.17) is 37.4 Å². The van der Waals surface area contributed by atoms with Gasteiger partial charge in [-0.3, -0.25) is 0 Å². The molecule has 0 heterocycles. The van der Waals surface area contributed by atoms with E-state index in [0.717, 1.165) is 11.1 Å². The third-order valence-corrected chi connectivity index (χ3v) is 5.16. The molecule has 0 fully saturated rings. The Balaban J connectivity index is 1.76. The van der Waals surface area contributed by atoms with Crippen molar-refractivity contribution < 1.29 is 24.1 Å². The second-order valence-corrected chi connectivity index (χ2v) is 7.43. The molecule has 0 unspecified atom stereocenters. The van der Waals surface area contributed by atoms with Crippen LogP contribution in [0.2, 0.25) is 10.0 Å². The summed E-state index contributed by atoms with van der Waals surface area (Å²) in [6.07, 6.45) is 0. The van der Waals surface area contributed by atoms with Crippen LogP contribution in [0, 0.1) is 0 Å². The number of rotatable bonds is 9. The Labute approximate surface area is 190 Å². The first kappa shape index (κ1) is 22.6. The van der Waals surface area contributed by atoms with Gasteiger partial charge >= 0.3 is 5.97 Å². The predicted octanol–water partition coefficient (Wildman–Crippen LogP) is 5.90. The SMILES string of the molecule is COc1ccc(C(=O)O)cc1NCc1cc(OC)c(OCc2ccc(Cl)cc2)cc1Cl. The predicted molar refractivity (Wildman–Crippen MR) is 121 cm³/mol. The Bertz CT molecular complexity index is 1070. The Morgan fingerprint density at radius 2 is 1.65 bits per heavy atom. The second kappa shape index (κ2) is 10.3. The highest BCUT2D eigenvalue weighted by Gasteiger charge is 2.13. The zero-order valence-electron chi connectivity index (χ0n) is 16.9. The number of nitrogens with one attached hydrogen (secondary N) is 1. The summed E-state index contributed by atoms with van der Waals surface area (Å²) in [7, 11) is 3.07. The number of halogens is 2. The molecule has 0 radical (unpaired) electrons. The fraction of sp³-hybridized carbons (Fsp3) is 0.174. The molecule has 2 N–H and O–H groups in total. The molecule has 0 spiro atoms. The maximum Gasteiger partial charge on any atom is 0.335 e. The summed E-state index contributed by atoms with van der Waals surface area (Å²) < 4.78 is 16.6. The minimum Gasteiger partial charge on any atom is -0.495 e. The second-order valence-electron chi connectivity index (χ2n) is 6.58. The van der Waals surface area contributed by atoms with E-state index in [1.54, 1.807) is 37.4 Å². The first-order valence-electron chi connectivity index (χ1n) is 9.30. The van der Waals surface area contributed by atoms with E-state index in [1.807, 2.05) is 12.1 Å². The molecule has 3 aromatic carbocycles. The van der Waals surface area contributed by atoms with Gasteiger partial charge in [0.05, 0.1) is 25.5 Å². The quantitative estimate of drug-likeness (QED) is 0.412. The third-order valence-electron chi connectivity index (χ3n) is 4.56. The lowest BCUT2D eigenvalue weighted by Gasteiger charge is -2.16. The normalized spacial score (nSPS) is 10.5. The third kappa shape index (κ3) is 5.75. The monoisotopic (exact) mass is 461 g/mol. The summed E-state index contributed by atoms with van der Waals surface area (Å²) in [5, 5.41) is 13.5. The molecule has 3 aromatic rings. The van der Waals surface area contributed by atoms with Crippen LogP contribution < -0.4 is 19.5 Å². The van der Waals surface area contributed by atoms with Crippen LogP contribution in [-0.2, 0) is 13.2 Å². The lowest BCUT2D eigenvalue weighted by molar-refractivity contribution is 0.0697. The van der Waals surface area contributed by atoms with Gasteiger partial charge in [-0.25, -0.2) is 4.79 Å². The van der Waals surface area contributed by atoms with Gasteiger partial charge in [-0.1, -0.05) is 35.3 Å². The highest BCUT2D eigenvalue weighted by Crippen LogP contribution is 2.35. The number of methoxy groups -OCH3 is 2. The van der Waals surface area contributed by atoms with Crippen LogP contribution in [0.5, 0.6) is 17.2 Å². The van der Waals surface area contributed by atoms with E-state index in [0.29, 0.717) is 46.1 Å². The van der Waals surface area contributed by atoms with Crippen molar-refractivity contribution in [3.63, 3.8) is 0 Å². The number of hydrogen-bond donors (Lipinski definition) is 2. The summed E-state index contributed by atoms with van der Waals surface area (Å²) in [5.41, 5.74) is 2.40. The van der Waals surface area contributed by atoms with E-state index in [9.17, 15) is 9.90 Å². The first-order valence-corrected chi connectivity index (χ1v) is 10.1. The highest BCUT2D eigenvalue weighted by molar-refractivity contribution is 6.31. The zero-order valence-corrected chi connectivity index (χ0v) is 18.5. The van der Waals surface area contributed by atoms with Crippen molar-refractivity contribution in [2.75, 3.05) is 19.5 Å². The number of aromatic carboxylic acids is 1. The number of benzene rings is 3. The van der Waals surface area contributed by atoms with Crippen LogP contribution in [0.4, 0.5) is 5.69 Å². The van der Waals surface area contributed by atoms with E-state index in [-0.39, 0.29) is 5.56 Å². The molecule has 0 bridgehead atoms. The summed E-state index contributed by atoms with van der Waals surface area (Å²) in [5.74, 6) is 0.543. The molecule has 0 saturated heterocycles. The lowest BCUT2D eigenvalue weighted by atomic mass is 10.1. The number of hydrogen-bond acceptors (Lipinski definition) is 5. The van der Waals surface area contributed by atoms with Gasteiger partial charge < -0.3 is 24.6 Å². The molecule has 162 valence electrons. The van der Waals surface area contributed by atoms with Gasteiger partial charge in [-0.2, -0.15) is 0 Å². The van der Waals surface area contributed by atoms with Gasteiger partial charge in [-0.05, 0) is 47.5 Å². The molecule has 0 aliphatic carbocycles. The fourth-order valence-corrected chi connectivity index (χ4v) is 3.24. The van der Waals surface area contributed by atoms with E-state index >= 15 is 0 Å². The topological polar surface area (TPSA) is 77.0 Å². The van der Waals surface area contributed by atoms with Gasteiger partial charge in [0.1, 0.15) is 12.4 Å². The van der Waals surface area contributed by atoms with Crippen molar-refractivity contribution in [3.8, 4) is 17.2 Å². The van der Waals surface area contributed by atoms with Crippen LogP contribution >= 0.6 is 23.2 Å². The fourth-order valence-electron chi connectivity index (χ4n) is 2.90. The van der Waals surface area contributed by atoms with Crippen molar-refractivity contribution in [1.29, 1.82) is 0 Å². The maximum absolute atomic E-state index is 11.3. The number of ether oxygens (including phenoxy) is 3. The minimum absolute atomic E-state index is 0.151. The number of carbonyl (C=O) groups is 1. The van der Waals surface area contributed by atoms with Crippen LogP contribution in [-0.4, -0.2) is 25.3 Å². The van der Waals surface area contributed by atoms with Crippen molar-refractivity contribution in [2.24, 2.45) is 0 Å². The zero-order chi connectivity index (χ0) is 22.4. The largest absolute Gasteiger partial charge is 0.495 e. The Morgan fingerprint density at radius 3 is 2.29 bits per heavy atom. The maximum atomic E-state index is 11.3. The van der Waals surface area contributed by atoms with Crippen molar-refractivity contribution in [1.82, 2.24) is 0 Å². The van der Waals surface area contributed by atoms with Crippen LogP contribution in [0.3, 0.4) is 0 Å². The molecule has 31 heavy (non-hydrogen) atoms. The summed E-state index contributed by atoms with van der Waals surface area (Å²) >= 11 is 12.4. The van der Waals surface area contributed by atoms with Gasteiger partial charge in [0.25, 0.3) is 0 Å². The molecule has 0 aromatic heterocycles. The number of anilines is 1. The Morgan fingerprint density at radius 1 is 0.935 bits per heavy atom. The molecule has 3 rings (SSSR count). The smallest absolute Gasteiger partial charge is 0.335 e. The number of carboxylic acids is 1. The highest BCUT2D eigenvalue weighted by atomic mass is 35.5. The van der Waals surface area contributed by atoms with Crippen molar-refractivity contribution >= 4 is 34.9 Å². The van der Waals surface area contributed by atoms with E-state index in [2.05, 4.69) is 5.32 Å². The molecular formula is C23H21Cl2NO5. The van der Waals surface area contributed by atoms with Gasteiger partial charge in [0.15, 0.2) is 11.5 Å². The Kier molecular flexibility index (Phi) is 7.50. The van der Waals surface area contributed by atoms with Crippen molar-refractivity contribution in [2.45, 2.75) is 13.2 Å². The standard InChI is InChI=1S/C23H21Cl2NO5/c1-29-20-8-5-15(23(27)28)9-19(20)26-12-16-10-21(30-2)22(11-18(16)25)31-13-14-3-6-17(24)7-4-14/h3-11,26H,12-13H2,1-2H3,(H,27,28). The van der Waals surface area contributed by atoms with E-state index in [1.165, 1.54) is 19.2 Å². The van der Waals surface area contributed by atoms with Crippen molar-refractivity contribution in [3.05, 3.63) is 81.3 Å². The van der Waals surface area contributed by atoms with Gasteiger partial charge in [0, 0.05) is 22.7 Å². The van der Waals surface area contributed by atoms with Gasteiger partial charge in [-0.15, -0.1) is 0 Å². The molecule has 0 aliphatic heterocycles. The van der Waals surface area contributed by atoms with Crippen LogP contribution in [0.1, 0.15) is 21.5 Å². The number of carboxylic acid groups (broad SMARTS) is 1. The molecular weight excluding hydrogens is 441 g/mol. The molecule has 0 amide bonds. The van der Waals surface area contributed by atoms with Crippen LogP contribution in [0.15, 0.2) is 54.6 Å². The Hall–Kier alpha value is -3.09. The molecule has 6 nitrogen and oxygen atoms in total. The lowest BCUT2D eigenvalue weighted by Crippen LogP contribution is -2.05. The average Bonchev–Trinajstić information content (AvgIpc) is 2.77. The van der Waals surface area contributed by atoms with Gasteiger partial charge in [0.2, 0.25) is 0 Å². The average molecular weight is 462 g/mol. The first-order chi connectivity index (χ1) is 14.9. The molecule has 0 aliphatic rings. The summed E-state index contributed by atoms with van der Waals surface area (Å²) in [6.45, 7) is 0.659. The van der Waals surface area contributed by atoms with Crippen LogP contribution in [0.25, 0.3) is 0 Å². The van der Waals surface area contributed by atoms with E-state index < -0.39 is 5.97 Å². The summed E-state index contributed by atoms with van der Waals surface area (Å²) in [4.78, 5) is 11.3. The molecule has 0 saturated carbocycles. The molecule has 8 heteroatoms. The summed E-state index contributed by atoms with van der Waals surface area (Å²) in [6, 6.07) is 15.4. The molecule has 0 atom stereocenters. The minimum atomic E-state index is -1.02.